The van der Waals surface area contributed by atoms with Crippen LogP contribution >= 0.6 is 0 Å². The fraction of sp³-hybridized carbons (Fsp3) is 0.351. The van der Waals surface area contributed by atoms with Crippen LogP contribution in [0.3, 0.4) is 0 Å². The summed E-state index contributed by atoms with van der Waals surface area (Å²) in [6.07, 6.45) is 0.398. The minimum atomic E-state index is 0.199. The van der Waals surface area contributed by atoms with E-state index < -0.39 is 0 Å². The van der Waals surface area contributed by atoms with Crippen LogP contribution in [0.15, 0.2) is 78.9 Å². The molecule has 0 unspecified atom stereocenters. The highest BCUT2D eigenvalue weighted by Crippen LogP contribution is 2.51. The van der Waals surface area contributed by atoms with Gasteiger partial charge in [0.25, 0.3) is 0 Å². The van der Waals surface area contributed by atoms with Crippen molar-refractivity contribution in [3.05, 3.63) is 95.6 Å². The van der Waals surface area contributed by atoms with Gasteiger partial charge < -0.3 is 19.6 Å². The number of hydrogen-bond acceptors (Lipinski definition) is 4. The molecule has 0 aliphatic carbocycles. The predicted molar refractivity (Wildman–Crippen MR) is 178 cm³/mol. The van der Waals surface area contributed by atoms with Crippen molar-refractivity contribution in [2.75, 3.05) is 33.7 Å². The molecule has 212 valence electrons. The maximum atomic E-state index is 2.54. The summed E-state index contributed by atoms with van der Waals surface area (Å²) in [7, 11) is 4.42. The first kappa shape index (κ1) is 27.3. The second-order valence-electron chi connectivity index (χ2n) is 12.5. The van der Waals surface area contributed by atoms with E-state index in [4.69, 9.17) is 0 Å². The summed E-state index contributed by atoms with van der Waals surface area (Å²) in [4.78, 5) is 9.87. The van der Waals surface area contributed by atoms with E-state index in [1.807, 2.05) is 0 Å². The Hall–Kier alpha value is -3.92. The van der Waals surface area contributed by atoms with E-state index in [1.54, 1.807) is 0 Å². The molecule has 0 spiro atoms. The second kappa shape index (κ2) is 10.2. The molecule has 0 aromatic heterocycles. The van der Waals surface area contributed by atoms with Crippen molar-refractivity contribution in [2.45, 2.75) is 72.6 Å². The minimum absolute atomic E-state index is 0.199. The molecule has 0 radical (unpaired) electrons. The molecule has 2 heterocycles. The van der Waals surface area contributed by atoms with Gasteiger partial charge in [-0.3, -0.25) is 0 Å². The lowest BCUT2D eigenvalue weighted by atomic mass is 9.84. The Morgan fingerprint density at radius 2 is 0.927 bits per heavy atom. The molecule has 4 heteroatoms. The molecule has 2 atom stereocenters. The van der Waals surface area contributed by atoms with Gasteiger partial charge in [0.15, 0.2) is 0 Å². The largest absolute Gasteiger partial charge is 0.353 e. The lowest BCUT2D eigenvalue weighted by molar-refractivity contribution is 0.725. The molecule has 0 bridgehead atoms. The monoisotopic (exact) mass is 544 g/mol. The fourth-order valence-corrected chi connectivity index (χ4v) is 6.96. The van der Waals surface area contributed by atoms with E-state index in [2.05, 4.69) is 161 Å². The Labute approximate surface area is 246 Å². The van der Waals surface area contributed by atoms with Gasteiger partial charge >= 0.3 is 0 Å². The van der Waals surface area contributed by atoms with Gasteiger partial charge in [0.05, 0.1) is 22.7 Å². The average Bonchev–Trinajstić information content (AvgIpc) is 3.37. The van der Waals surface area contributed by atoms with Crippen LogP contribution in [-0.2, 0) is 0 Å². The zero-order valence-corrected chi connectivity index (χ0v) is 26.1. The molecule has 41 heavy (non-hydrogen) atoms. The van der Waals surface area contributed by atoms with Crippen molar-refractivity contribution < 1.29 is 0 Å². The number of hydrogen-bond donors (Lipinski definition) is 0. The van der Waals surface area contributed by atoms with Crippen LogP contribution in [0, 0.1) is 6.92 Å². The Morgan fingerprint density at radius 3 is 1.32 bits per heavy atom. The molecule has 0 saturated carbocycles. The Bertz CT molecular complexity index is 1490. The van der Waals surface area contributed by atoms with Crippen LogP contribution in [-0.4, -0.2) is 26.4 Å². The smallest absolute Gasteiger partial charge is 0.103 e. The summed E-state index contributed by atoms with van der Waals surface area (Å²) in [5, 5.41) is 0. The first-order valence-corrected chi connectivity index (χ1v) is 15.1. The third-order valence-electron chi connectivity index (χ3n) is 9.44. The summed E-state index contributed by atoms with van der Waals surface area (Å²) >= 11 is 0. The molecule has 0 saturated heterocycles. The van der Waals surface area contributed by atoms with E-state index in [0.29, 0.717) is 11.8 Å². The van der Waals surface area contributed by atoms with Crippen LogP contribution in [0.25, 0.3) is 11.1 Å². The normalized spacial score (nSPS) is 18.1. The third kappa shape index (κ3) is 4.18. The second-order valence-corrected chi connectivity index (χ2v) is 12.5. The van der Waals surface area contributed by atoms with Crippen molar-refractivity contribution in [1.29, 1.82) is 0 Å². The van der Waals surface area contributed by atoms with E-state index in [1.165, 1.54) is 61.9 Å². The molecule has 0 N–H and O–H groups in total. The molecule has 4 aromatic rings. The van der Waals surface area contributed by atoms with Crippen molar-refractivity contribution in [1.82, 2.24) is 0 Å². The van der Waals surface area contributed by atoms with Gasteiger partial charge in [-0.1, -0.05) is 70.2 Å². The Morgan fingerprint density at radius 1 is 0.537 bits per heavy atom. The molecule has 0 amide bonds. The third-order valence-corrected chi connectivity index (χ3v) is 9.44. The zero-order valence-electron chi connectivity index (χ0n) is 26.1. The van der Waals surface area contributed by atoms with Gasteiger partial charge in [0.1, 0.15) is 12.3 Å². The zero-order chi connectivity index (χ0) is 29.2. The van der Waals surface area contributed by atoms with Gasteiger partial charge in [0.2, 0.25) is 0 Å². The van der Waals surface area contributed by atoms with E-state index in [0.717, 1.165) is 0 Å². The van der Waals surface area contributed by atoms with E-state index >= 15 is 0 Å². The standard InChI is InChI=1S/C37H44N4/c1-23(2)29-15-14-16-30(24(3)4)37(29)28-21-35(40-26(6)38(8)31-17-10-12-19-33(31)40)25(5)36(22-28)41-27(7)39(9)32-18-11-13-20-34(32)41/h10-24,26-27H,1-9H3/t26-,27+. The number of fused-ring (bicyclic) bond motifs is 2. The van der Waals surface area contributed by atoms with Gasteiger partial charge in [0, 0.05) is 25.5 Å². The number of nitrogens with zero attached hydrogens (tertiary/aromatic N) is 4. The van der Waals surface area contributed by atoms with Crippen molar-refractivity contribution in [3.63, 3.8) is 0 Å². The number of para-hydroxylation sites is 4. The number of benzene rings is 4. The molecule has 2 aliphatic heterocycles. The van der Waals surface area contributed by atoms with Gasteiger partial charge in [-0.15, -0.1) is 0 Å². The highest BCUT2D eigenvalue weighted by Gasteiger charge is 2.36. The Kier molecular flexibility index (Phi) is 6.76. The van der Waals surface area contributed by atoms with E-state index in [9.17, 15) is 0 Å². The lowest BCUT2D eigenvalue weighted by Gasteiger charge is -2.34. The van der Waals surface area contributed by atoms with Gasteiger partial charge in [-0.05, 0) is 96.8 Å². The van der Waals surface area contributed by atoms with Gasteiger partial charge in [-0.2, -0.15) is 0 Å². The molecular weight excluding hydrogens is 500 g/mol. The molecule has 0 fully saturated rings. The Balaban J connectivity index is 1.67. The quantitative estimate of drug-likeness (QED) is 0.248. The highest BCUT2D eigenvalue weighted by atomic mass is 15.4. The van der Waals surface area contributed by atoms with Crippen molar-refractivity contribution >= 4 is 34.1 Å². The predicted octanol–water partition coefficient (Wildman–Crippen LogP) is 9.78. The molecule has 4 nitrogen and oxygen atoms in total. The first-order valence-electron chi connectivity index (χ1n) is 15.1. The van der Waals surface area contributed by atoms with Crippen LogP contribution in [0.5, 0.6) is 0 Å². The van der Waals surface area contributed by atoms with Crippen LogP contribution in [0.1, 0.15) is 70.1 Å². The maximum Gasteiger partial charge on any atom is 0.103 e. The average molecular weight is 545 g/mol. The summed E-state index contributed by atoms with van der Waals surface area (Å²) in [5.41, 5.74) is 14.4. The van der Waals surface area contributed by atoms with Crippen LogP contribution in [0.2, 0.25) is 0 Å². The van der Waals surface area contributed by atoms with Gasteiger partial charge in [-0.25, -0.2) is 0 Å². The van der Waals surface area contributed by atoms with E-state index in [-0.39, 0.29) is 12.3 Å². The summed E-state index contributed by atoms with van der Waals surface area (Å²) in [6, 6.07) is 29.5. The van der Waals surface area contributed by atoms with Crippen molar-refractivity contribution in [2.24, 2.45) is 0 Å². The minimum Gasteiger partial charge on any atom is -0.353 e. The summed E-state index contributed by atoms with van der Waals surface area (Å²) < 4.78 is 0. The molecule has 4 aromatic carbocycles. The van der Waals surface area contributed by atoms with Crippen LogP contribution in [0.4, 0.5) is 34.1 Å². The molecule has 6 rings (SSSR count). The first-order chi connectivity index (χ1) is 19.6. The maximum absolute atomic E-state index is 2.54. The SMILES string of the molecule is Cc1c(N2c3ccccc3N(C)[C@H]2C)cc(-c2c(C(C)C)cccc2C(C)C)cc1N1c2ccccc2N(C)[C@@H]1C. The van der Waals surface area contributed by atoms with Crippen molar-refractivity contribution in [3.8, 4) is 11.1 Å². The number of anilines is 6. The lowest BCUT2D eigenvalue weighted by Crippen LogP contribution is -2.37. The highest BCUT2D eigenvalue weighted by molar-refractivity contribution is 5.93. The van der Waals surface area contributed by atoms with Crippen LogP contribution < -0.4 is 19.6 Å². The molecule has 2 aliphatic rings. The summed E-state index contributed by atoms with van der Waals surface area (Å²) in [6.45, 7) is 16.2. The summed E-state index contributed by atoms with van der Waals surface area (Å²) in [5.74, 6) is 0.846. The fourth-order valence-electron chi connectivity index (χ4n) is 6.96. The number of rotatable bonds is 5. The topological polar surface area (TPSA) is 13.0 Å². The molecular formula is C37H44N4.